The molecule has 0 spiro atoms. The topological polar surface area (TPSA) is 17.1 Å². The quantitative estimate of drug-likeness (QED) is 0.565. The molecule has 0 amide bonds. The van der Waals surface area contributed by atoms with Gasteiger partial charge in [0.05, 0.1) is 0 Å². The van der Waals surface area contributed by atoms with E-state index < -0.39 is 0 Å². The van der Waals surface area contributed by atoms with E-state index in [9.17, 15) is 4.79 Å². The van der Waals surface area contributed by atoms with E-state index in [1.165, 1.54) is 0 Å². The Kier molecular flexibility index (Phi) is 2.21. The lowest BCUT2D eigenvalue weighted by Gasteiger charge is -2.00. The van der Waals surface area contributed by atoms with Gasteiger partial charge in [0.1, 0.15) is 6.29 Å². The van der Waals surface area contributed by atoms with E-state index in [1.54, 1.807) is 0 Å². The van der Waals surface area contributed by atoms with Gasteiger partial charge in [0.25, 0.3) is 0 Å². The number of hydrogen-bond acceptors (Lipinski definition) is 1. The van der Waals surface area contributed by atoms with Crippen molar-refractivity contribution in [2.24, 2.45) is 0 Å². The van der Waals surface area contributed by atoms with Crippen molar-refractivity contribution in [1.29, 1.82) is 0 Å². The third kappa shape index (κ3) is 1.44. The fourth-order valence-electron chi connectivity index (χ4n) is 0.835. The van der Waals surface area contributed by atoms with Crippen LogP contribution in [-0.4, -0.2) is 6.29 Å². The molecule has 0 radical (unpaired) electrons. The Morgan fingerprint density at radius 3 is 2.40 bits per heavy atom. The summed E-state index contributed by atoms with van der Waals surface area (Å²) in [5, 5.41) is 0. The molecule has 10 heavy (non-hydrogen) atoms. The monoisotopic (exact) mass is 134 g/mol. The third-order valence-corrected chi connectivity index (χ3v) is 1.53. The predicted molar refractivity (Wildman–Crippen MR) is 40.9 cm³/mol. The van der Waals surface area contributed by atoms with Crippen molar-refractivity contribution in [2.75, 3.05) is 0 Å². The number of aldehydes is 1. The number of carbonyl (C=O) groups is 1. The van der Waals surface area contributed by atoms with E-state index in [4.69, 9.17) is 0 Å². The highest BCUT2D eigenvalue weighted by Crippen LogP contribution is 2.10. The average Bonchev–Trinajstić information content (AvgIpc) is 2.05. The van der Waals surface area contributed by atoms with E-state index in [1.807, 2.05) is 37.3 Å². The lowest BCUT2D eigenvalue weighted by atomic mass is 10.0. The van der Waals surface area contributed by atoms with Gasteiger partial charge in [-0.3, -0.25) is 0 Å². The smallest absolute Gasteiger partial charge is 0.127 e. The number of carbonyl (C=O) groups excluding carboxylic acids is 1. The summed E-state index contributed by atoms with van der Waals surface area (Å²) in [4.78, 5) is 10.3. The Morgan fingerprint density at radius 1 is 1.30 bits per heavy atom. The second kappa shape index (κ2) is 3.16. The molecule has 0 saturated carbocycles. The summed E-state index contributed by atoms with van der Waals surface area (Å²) in [6.07, 6.45) is 0.954. The van der Waals surface area contributed by atoms with Crippen LogP contribution in [0, 0.1) is 0 Å². The van der Waals surface area contributed by atoms with Crippen LogP contribution >= 0.6 is 0 Å². The number of benzene rings is 1. The van der Waals surface area contributed by atoms with Crippen LogP contribution in [0.2, 0.25) is 0 Å². The highest BCUT2D eigenvalue weighted by atomic mass is 16.1. The highest BCUT2D eigenvalue weighted by Gasteiger charge is 1.99. The Hall–Kier alpha value is -1.11. The summed E-state index contributed by atoms with van der Waals surface area (Å²) in [6.45, 7) is 1.89. The minimum atomic E-state index is 0.0289. The van der Waals surface area contributed by atoms with Crippen LogP contribution in [0.5, 0.6) is 0 Å². The van der Waals surface area contributed by atoms with Crippen LogP contribution in [0.15, 0.2) is 30.3 Å². The zero-order valence-corrected chi connectivity index (χ0v) is 5.95. The van der Waals surface area contributed by atoms with Crippen LogP contribution in [0.4, 0.5) is 0 Å². The Morgan fingerprint density at radius 2 is 1.90 bits per heavy atom. The van der Waals surface area contributed by atoms with Crippen LogP contribution in [0.25, 0.3) is 0 Å². The van der Waals surface area contributed by atoms with Crippen molar-refractivity contribution in [3.05, 3.63) is 35.9 Å². The van der Waals surface area contributed by atoms with E-state index >= 15 is 0 Å². The molecule has 0 aliphatic heterocycles. The van der Waals surface area contributed by atoms with Crippen molar-refractivity contribution in [1.82, 2.24) is 0 Å². The van der Waals surface area contributed by atoms with Gasteiger partial charge in [-0.15, -0.1) is 0 Å². The molecular formula is C9H10O. The summed E-state index contributed by atoms with van der Waals surface area (Å²) in [7, 11) is 0. The molecule has 0 heterocycles. The molecule has 52 valence electrons. The van der Waals surface area contributed by atoms with Crippen LogP contribution in [-0.2, 0) is 4.79 Å². The average molecular weight is 134 g/mol. The molecule has 1 atom stereocenters. The first-order valence-corrected chi connectivity index (χ1v) is 3.35. The van der Waals surface area contributed by atoms with Gasteiger partial charge in [0.15, 0.2) is 0 Å². The molecule has 0 aliphatic rings. The summed E-state index contributed by atoms with van der Waals surface area (Å²) in [5.41, 5.74) is 1.08. The first-order chi connectivity index (χ1) is 4.84. The first-order valence-electron chi connectivity index (χ1n) is 3.35. The molecule has 0 saturated heterocycles. The molecule has 1 nitrogen and oxygen atoms in total. The van der Waals surface area contributed by atoms with Crippen molar-refractivity contribution < 1.29 is 4.79 Å². The van der Waals surface area contributed by atoms with E-state index in [-0.39, 0.29) is 5.92 Å². The van der Waals surface area contributed by atoms with Crippen molar-refractivity contribution in [3.8, 4) is 0 Å². The van der Waals surface area contributed by atoms with E-state index in [2.05, 4.69) is 0 Å². The van der Waals surface area contributed by atoms with Gasteiger partial charge in [-0.05, 0) is 5.56 Å². The Labute approximate surface area is 60.7 Å². The lowest BCUT2D eigenvalue weighted by Crippen LogP contribution is -1.92. The largest absolute Gasteiger partial charge is 0.303 e. The van der Waals surface area contributed by atoms with E-state index in [0.717, 1.165) is 11.8 Å². The molecule has 0 aromatic heterocycles. The molecule has 0 unspecified atom stereocenters. The summed E-state index contributed by atoms with van der Waals surface area (Å²) in [6, 6.07) is 9.74. The van der Waals surface area contributed by atoms with Gasteiger partial charge in [-0.1, -0.05) is 37.3 Å². The van der Waals surface area contributed by atoms with Gasteiger partial charge < -0.3 is 4.79 Å². The third-order valence-electron chi connectivity index (χ3n) is 1.53. The van der Waals surface area contributed by atoms with Crippen LogP contribution in [0.3, 0.4) is 0 Å². The molecule has 0 bridgehead atoms. The lowest BCUT2D eigenvalue weighted by molar-refractivity contribution is -0.108. The van der Waals surface area contributed by atoms with Crippen molar-refractivity contribution in [3.63, 3.8) is 0 Å². The Balaban J connectivity index is 2.84. The molecule has 1 heteroatoms. The number of hydrogen-bond donors (Lipinski definition) is 0. The molecule has 1 aromatic carbocycles. The first kappa shape index (κ1) is 7.00. The van der Waals surface area contributed by atoms with E-state index in [0.29, 0.717) is 0 Å². The summed E-state index contributed by atoms with van der Waals surface area (Å²) in [5.74, 6) is 0.0289. The fourth-order valence-corrected chi connectivity index (χ4v) is 0.835. The van der Waals surface area contributed by atoms with Crippen LogP contribution in [0.1, 0.15) is 18.4 Å². The standard InChI is InChI=1S/C9H10O/c1-8(7-10)9-5-3-2-4-6-9/h2-8H,1H3/t8-/m1/s1. The molecule has 0 fully saturated rings. The van der Waals surface area contributed by atoms with Crippen molar-refractivity contribution >= 4 is 6.29 Å². The molecule has 0 aliphatic carbocycles. The zero-order valence-electron chi connectivity index (χ0n) is 5.95. The van der Waals surface area contributed by atoms with Gasteiger partial charge in [0, 0.05) is 5.92 Å². The second-order valence-corrected chi connectivity index (χ2v) is 2.34. The second-order valence-electron chi connectivity index (χ2n) is 2.34. The maximum Gasteiger partial charge on any atom is 0.127 e. The summed E-state index contributed by atoms with van der Waals surface area (Å²) >= 11 is 0. The number of rotatable bonds is 2. The molecule has 1 rings (SSSR count). The summed E-state index contributed by atoms with van der Waals surface area (Å²) < 4.78 is 0. The van der Waals surface area contributed by atoms with Gasteiger partial charge in [-0.25, -0.2) is 0 Å². The Bertz CT molecular complexity index is 203. The minimum absolute atomic E-state index is 0.0289. The van der Waals surface area contributed by atoms with Gasteiger partial charge in [0.2, 0.25) is 0 Å². The van der Waals surface area contributed by atoms with Gasteiger partial charge in [-0.2, -0.15) is 0 Å². The molecular weight excluding hydrogens is 124 g/mol. The fraction of sp³-hybridized carbons (Fsp3) is 0.222. The normalized spacial score (nSPS) is 12.5. The van der Waals surface area contributed by atoms with Crippen LogP contribution < -0.4 is 0 Å². The van der Waals surface area contributed by atoms with Crippen molar-refractivity contribution in [2.45, 2.75) is 12.8 Å². The maximum absolute atomic E-state index is 10.3. The minimum Gasteiger partial charge on any atom is -0.303 e. The molecule has 0 N–H and O–H groups in total. The molecule has 1 aromatic rings. The SMILES string of the molecule is C[C@H](C=O)c1ccccc1. The predicted octanol–water partition coefficient (Wildman–Crippen LogP) is 1.99. The van der Waals surface area contributed by atoms with Gasteiger partial charge >= 0.3 is 0 Å². The zero-order chi connectivity index (χ0) is 7.40. The maximum atomic E-state index is 10.3. The highest BCUT2D eigenvalue weighted by molar-refractivity contribution is 5.61.